The molecule has 0 radical (unpaired) electrons. The van der Waals surface area contributed by atoms with E-state index in [1.165, 1.54) is 13.0 Å². The average Bonchev–Trinajstić information content (AvgIpc) is 2.69. The first-order chi connectivity index (χ1) is 14.9. The summed E-state index contributed by atoms with van der Waals surface area (Å²) in [4.78, 5) is 36.3. The van der Waals surface area contributed by atoms with Crippen LogP contribution in [-0.2, 0) is 20.6 Å². The molecule has 0 fully saturated rings. The van der Waals surface area contributed by atoms with E-state index in [2.05, 4.69) is 16.0 Å². The summed E-state index contributed by atoms with van der Waals surface area (Å²) in [6.07, 6.45) is -4.65. The molecule has 0 aliphatic heterocycles. The molecule has 0 saturated heterocycles. The van der Waals surface area contributed by atoms with Crippen LogP contribution in [0.15, 0.2) is 42.5 Å². The van der Waals surface area contributed by atoms with Crippen molar-refractivity contribution in [3.63, 3.8) is 0 Å². The van der Waals surface area contributed by atoms with Gasteiger partial charge in [-0.2, -0.15) is 13.2 Å². The highest BCUT2D eigenvalue weighted by atomic mass is 35.5. The molecule has 2 rings (SSSR count). The fourth-order valence-electron chi connectivity index (χ4n) is 2.75. The zero-order chi connectivity index (χ0) is 24.1. The van der Waals surface area contributed by atoms with Crippen molar-refractivity contribution >= 4 is 46.4 Å². The van der Waals surface area contributed by atoms with Gasteiger partial charge in [-0.3, -0.25) is 14.4 Å². The molecule has 2 aromatic carbocycles. The van der Waals surface area contributed by atoms with Gasteiger partial charge in [-0.1, -0.05) is 11.6 Å². The zero-order valence-corrected chi connectivity index (χ0v) is 18.3. The molecular formula is C21H23ClF3N4O3+. The van der Waals surface area contributed by atoms with Crippen LogP contribution in [0.25, 0.3) is 0 Å². The molecule has 7 nitrogen and oxygen atoms in total. The van der Waals surface area contributed by atoms with E-state index in [9.17, 15) is 27.6 Å². The maximum atomic E-state index is 13.0. The number of amides is 3. The molecule has 0 aliphatic rings. The van der Waals surface area contributed by atoms with Crippen molar-refractivity contribution in [2.24, 2.45) is 0 Å². The summed E-state index contributed by atoms with van der Waals surface area (Å²) in [7, 11) is 1.62. The second-order valence-electron chi connectivity index (χ2n) is 7.23. The number of quaternary nitrogens is 1. The predicted molar refractivity (Wildman–Crippen MR) is 116 cm³/mol. The Labute approximate surface area is 187 Å². The van der Waals surface area contributed by atoms with Gasteiger partial charge in [-0.05, 0) is 49.4 Å². The van der Waals surface area contributed by atoms with Gasteiger partial charge in [0.2, 0.25) is 5.91 Å². The number of halogens is 4. The summed E-state index contributed by atoms with van der Waals surface area (Å²) >= 11 is 5.58. The van der Waals surface area contributed by atoms with E-state index in [-0.39, 0.29) is 24.0 Å². The Bertz CT molecular complexity index is 997. The summed E-state index contributed by atoms with van der Waals surface area (Å²) in [5.74, 6) is -1.13. The molecule has 0 heterocycles. The van der Waals surface area contributed by atoms with E-state index in [0.29, 0.717) is 16.3 Å². The predicted octanol–water partition coefficient (Wildman–Crippen LogP) is 2.80. The molecule has 4 N–H and O–H groups in total. The lowest BCUT2D eigenvalue weighted by Crippen LogP contribution is -3.14. The second kappa shape index (κ2) is 10.5. The van der Waals surface area contributed by atoms with Crippen LogP contribution in [0, 0.1) is 0 Å². The lowest BCUT2D eigenvalue weighted by Gasteiger charge is -2.21. The van der Waals surface area contributed by atoms with E-state index in [0.717, 1.165) is 12.1 Å². The lowest BCUT2D eigenvalue weighted by molar-refractivity contribution is -0.885. The third-order valence-electron chi connectivity index (χ3n) is 4.60. The Morgan fingerprint density at radius 1 is 0.969 bits per heavy atom. The van der Waals surface area contributed by atoms with Gasteiger partial charge < -0.3 is 20.9 Å². The smallest absolute Gasteiger partial charge is 0.326 e. The van der Waals surface area contributed by atoms with Gasteiger partial charge in [0.25, 0.3) is 11.8 Å². The van der Waals surface area contributed by atoms with Crippen molar-refractivity contribution in [3.8, 4) is 0 Å². The Balaban J connectivity index is 1.93. The van der Waals surface area contributed by atoms with E-state index >= 15 is 0 Å². The van der Waals surface area contributed by atoms with Crippen LogP contribution in [0.2, 0.25) is 5.02 Å². The quantitative estimate of drug-likeness (QED) is 0.500. The number of rotatable bonds is 7. The number of anilines is 3. The van der Waals surface area contributed by atoms with Gasteiger partial charge in [0.1, 0.15) is 0 Å². The van der Waals surface area contributed by atoms with E-state index in [4.69, 9.17) is 11.6 Å². The molecule has 0 spiro atoms. The van der Waals surface area contributed by atoms with Gasteiger partial charge in [0, 0.05) is 24.0 Å². The summed E-state index contributed by atoms with van der Waals surface area (Å²) < 4.78 is 38.9. The minimum absolute atomic E-state index is 0.0455. The Morgan fingerprint density at radius 3 is 2.03 bits per heavy atom. The molecule has 2 atom stereocenters. The Hall–Kier alpha value is -3.11. The van der Waals surface area contributed by atoms with E-state index in [1.807, 2.05) is 0 Å². The largest absolute Gasteiger partial charge is 0.417 e. The number of carbonyl (C=O) groups is 3. The number of benzene rings is 2. The normalized spacial score (nSPS) is 13.1. The van der Waals surface area contributed by atoms with Crippen LogP contribution < -0.4 is 20.9 Å². The average molecular weight is 472 g/mol. The first-order valence-electron chi connectivity index (χ1n) is 9.54. The minimum atomic E-state index is -4.65. The molecular weight excluding hydrogens is 449 g/mol. The lowest BCUT2D eigenvalue weighted by atomic mass is 10.2. The van der Waals surface area contributed by atoms with Gasteiger partial charge in [-0.25, -0.2) is 0 Å². The first kappa shape index (κ1) is 25.2. The number of likely N-dealkylation sites (N-methyl/N-ethyl adjacent to an activating group) is 1. The molecule has 172 valence electrons. The fraction of sp³-hybridized carbons (Fsp3) is 0.286. The highest BCUT2D eigenvalue weighted by molar-refractivity contribution is 6.31. The van der Waals surface area contributed by atoms with Crippen LogP contribution in [0.4, 0.5) is 30.2 Å². The molecule has 3 amide bonds. The molecule has 0 aliphatic carbocycles. The van der Waals surface area contributed by atoms with Crippen molar-refractivity contribution in [3.05, 3.63) is 53.1 Å². The molecule has 1 unspecified atom stereocenters. The van der Waals surface area contributed by atoms with Crippen LogP contribution in [0.5, 0.6) is 0 Å². The van der Waals surface area contributed by atoms with Crippen LogP contribution in [0.3, 0.4) is 0 Å². The number of carbonyl (C=O) groups excluding carboxylic acids is 3. The number of nitrogens with one attached hydrogen (secondary N) is 4. The van der Waals surface area contributed by atoms with Crippen molar-refractivity contribution in [2.75, 3.05) is 29.5 Å². The Morgan fingerprint density at radius 2 is 1.50 bits per heavy atom. The van der Waals surface area contributed by atoms with Gasteiger partial charge in [0.05, 0.1) is 17.6 Å². The topological polar surface area (TPSA) is 91.7 Å². The number of hydrogen-bond acceptors (Lipinski definition) is 3. The van der Waals surface area contributed by atoms with Crippen molar-refractivity contribution in [1.82, 2.24) is 0 Å². The third kappa shape index (κ3) is 7.24. The van der Waals surface area contributed by atoms with E-state index in [1.54, 1.807) is 38.2 Å². The molecule has 0 saturated carbocycles. The van der Waals surface area contributed by atoms with Crippen molar-refractivity contribution in [2.45, 2.75) is 26.1 Å². The minimum Gasteiger partial charge on any atom is -0.326 e. The summed E-state index contributed by atoms with van der Waals surface area (Å²) in [6, 6.07) is 8.96. The highest BCUT2D eigenvalue weighted by Gasteiger charge is 2.33. The van der Waals surface area contributed by atoms with Gasteiger partial charge in [-0.15, -0.1) is 0 Å². The maximum absolute atomic E-state index is 13.0. The molecule has 2 aromatic rings. The van der Waals surface area contributed by atoms with E-state index < -0.39 is 28.7 Å². The zero-order valence-electron chi connectivity index (χ0n) is 17.6. The summed E-state index contributed by atoms with van der Waals surface area (Å²) in [5, 5.41) is 7.25. The SMILES string of the molecule is CC(=O)Nc1ccc(NC(=O)[C@@H](C)[NH+](C)CC(=O)Nc2ccc(Cl)c(C(F)(F)F)c2)cc1. The molecule has 0 aromatic heterocycles. The van der Waals surface area contributed by atoms with Crippen LogP contribution >= 0.6 is 11.6 Å². The summed E-state index contributed by atoms with van der Waals surface area (Å²) in [5.41, 5.74) is -0.00119. The fourth-order valence-corrected chi connectivity index (χ4v) is 2.97. The van der Waals surface area contributed by atoms with Crippen molar-refractivity contribution in [1.29, 1.82) is 0 Å². The monoisotopic (exact) mass is 471 g/mol. The third-order valence-corrected chi connectivity index (χ3v) is 4.93. The van der Waals surface area contributed by atoms with Crippen molar-refractivity contribution < 1.29 is 32.5 Å². The number of hydrogen-bond donors (Lipinski definition) is 4. The highest BCUT2D eigenvalue weighted by Crippen LogP contribution is 2.36. The van der Waals surface area contributed by atoms with Crippen LogP contribution in [0.1, 0.15) is 19.4 Å². The first-order valence-corrected chi connectivity index (χ1v) is 9.92. The standard InChI is InChI=1S/C21H22ClF3N4O3/c1-12(20(32)28-15-6-4-14(5-7-15)26-13(2)30)29(3)11-19(31)27-16-8-9-18(22)17(10-16)21(23,24)25/h4-10,12H,11H2,1-3H3,(H,26,30)(H,27,31)(H,28,32)/p+1/t12-/m1/s1. The van der Waals surface area contributed by atoms with Gasteiger partial charge >= 0.3 is 6.18 Å². The molecule has 11 heteroatoms. The van der Waals surface area contributed by atoms with Gasteiger partial charge in [0.15, 0.2) is 12.6 Å². The molecule has 32 heavy (non-hydrogen) atoms. The number of alkyl halides is 3. The van der Waals surface area contributed by atoms with Crippen LogP contribution in [-0.4, -0.2) is 37.4 Å². The summed E-state index contributed by atoms with van der Waals surface area (Å²) in [6.45, 7) is 2.85. The maximum Gasteiger partial charge on any atom is 0.417 e. The Kier molecular flexibility index (Phi) is 8.23. The molecule has 0 bridgehead atoms. The second-order valence-corrected chi connectivity index (χ2v) is 7.64.